The number of hydrogen-bond donors (Lipinski definition) is 1. The molecule has 5 rings (SSSR count). The molecule has 0 saturated carbocycles. The number of benzene rings is 2. The lowest BCUT2D eigenvalue weighted by molar-refractivity contribution is -0.116. The van der Waals surface area contributed by atoms with Crippen molar-refractivity contribution >= 4 is 17.3 Å². The van der Waals surface area contributed by atoms with Crippen LogP contribution in [0.5, 0.6) is 17.2 Å². The van der Waals surface area contributed by atoms with E-state index in [0.29, 0.717) is 23.7 Å². The average molecular weight is 509 g/mol. The molecule has 0 spiro atoms. The van der Waals surface area contributed by atoms with Gasteiger partial charge in [0.1, 0.15) is 17.6 Å². The minimum Gasteiger partial charge on any atom is -0.493 e. The Bertz CT molecular complexity index is 1160. The molecule has 1 N–H and O–H groups in total. The number of hydroxylamine groups is 1. The summed E-state index contributed by atoms with van der Waals surface area (Å²) in [6.07, 6.45) is 2.62. The maximum atomic E-state index is 13.3. The average Bonchev–Trinajstić information content (AvgIpc) is 3.55. The summed E-state index contributed by atoms with van der Waals surface area (Å²) in [5.74, 6) is 2.12. The molecule has 0 bridgehead atoms. The van der Waals surface area contributed by atoms with E-state index in [1.165, 1.54) is 0 Å². The van der Waals surface area contributed by atoms with Crippen molar-refractivity contribution in [2.75, 3.05) is 63.3 Å². The zero-order valence-corrected chi connectivity index (χ0v) is 22.0. The molecular weight excluding hydrogens is 472 g/mol. The fourth-order valence-electron chi connectivity index (χ4n) is 5.17. The van der Waals surface area contributed by atoms with E-state index in [1.807, 2.05) is 44.2 Å². The molecule has 0 radical (unpaired) electrons. The first kappa shape index (κ1) is 25.2. The second kappa shape index (κ2) is 10.9. The van der Waals surface area contributed by atoms with Crippen LogP contribution in [-0.4, -0.2) is 76.5 Å². The Morgan fingerprint density at radius 1 is 1.00 bits per heavy atom. The van der Waals surface area contributed by atoms with Crippen molar-refractivity contribution in [1.82, 2.24) is 10.4 Å². The van der Waals surface area contributed by atoms with E-state index in [9.17, 15) is 4.79 Å². The smallest absolute Gasteiger partial charge is 0.276 e. The van der Waals surface area contributed by atoms with Crippen molar-refractivity contribution in [3.63, 3.8) is 0 Å². The molecule has 0 aliphatic carbocycles. The Balaban J connectivity index is 1.18. The Hall–Kier alpha value is -3.43. The molecule has 2 aromatic rings. The van der Waals surface area contributed by atoms with E-state index < -0.39 is 0 Å². The molecule has 9 heteroatoms. The first-order valence-electron chi connectivity index (χ1n) is 12.9. The fraction of sp³-hybridized carbons (Fsp3) is 0.464. The Morgan fingerprint density at radius 3 is 2.46 bits per heavy atom. The van der Waals surface area contributed by atoms with Crippen LogP contribution < -0.4 is 29.5 Å². The summed E-state index contributed by atoms with van der Waals surface area (Å²) in [4.78, 5) is 25.6. The number of fused-ring (bicyclic) bond motifs is 1. The van der Waals surface area contributed by atoms with E-state index in [0.717, 1.165) is 61.8 Å². The zero-order chi connectivity index (χ0) is 25.9. The molecule has 9 nitrogen and oxygen atoms in total. The Morgan fingerprint density at radius 2 is 1.73 bits per heavy atom. The second-order valence-electron chi connectivity index (χ2n) is 9.80. The molecular formula is C28H36N4O5. The lowest BCUT2D eigenvalue weighted by Gasteiger charge is -2.37. The second-order valence-corrected chi connectivity index (χ2v) is 9.80. The topological polar surface area (TPSA) is 75.7 Å². The van der Waals surface area contributed by atoms with Gasteiger partial charge in [-0.1, -0.05) is 12.1 Å². The van der Waals surface area contributed by atoms with Gasteiger partial charge in [-0.25, -0.2) is 0 Å². The van der Waals surface area contributed by atoms with Gasteiger partial charge < -0.3 is 24.0 Å². The maximum absolute atomic E-state index is 13.3. The van der Waals surface area contributed by atoms with E-state index in [2.05, 4.69) is 27.4 Å². The molecule has 1 atom stereocenters. The predicted molar refractivity (Wildman–Crippen MR) is 143 cm³/mol. The normalized spacial score (nSPS) is 19.5. The van der Waals surface area contributed by atoms with E-state index in [4.69, 9.17) is 19.0 Å². The van der Waals surface area contributed by atoms with Crippen molar-refractivity contribution in [2.24, 2.45) is 0 Å². The van der Waals surface area contributed by atoms with Crippen LogP contribution in [0.25, 0.3) is 0 Å². The summed E-state index contributed by atoms with van der Waals surface area (Å²) in [5.41, 5.74) is 6.42. The number of amides is 1. The number of nitrogens with zero attached hydrogens (tertiary/aromatic N) is 3. The molecule has 3 aliphatic heterocycles. The molecule has 1 unspecified atom stereocenters. The Labute approximate surface area is 218 Å². The van der Waals surface area contributed by atoms with Crippen molar-refractivity contribution in [3.8, 4) is 17.2 Å². The van der Waals surface area contributed by atoms with Crippen LogP contribution in [0.4, 0.5) is 11.4 Å². The van der Waals surface area contributed by atoms with E-state index in [1.54, 1.807) is 19.1 Å². The van der Waals surface area contributed by atoms with E-state index >= 15 is 0 Å². The van der Waals surface area contributed by atoms with Crippen LogP contribution in [0, 0.1) is 0 Å². The minimum atomic E-state index is -0.186. The maximum Gasteiger partial charge on any atom is 0.276 e. The summed E-state index contributed by atoms with van der Waals surface area (Å²) in [6, 6.07) is 12.1. The lowest BCUT2D eigenvalue weighted by Crippen LogP contribution is -2.48. The molecule has 37 heavy (non-hydrogen) atoms. The number of ether oxygens (including phenoxy) is 3. The van der Waals surface area contributed by atoms with Crippen LogP contribution in [0.15, 0.2) is 48.2 Å². The van der Waals surface area contributed by atoms with Gasteiger partial charge in [-0.2, -0.15) is 0 Å². The van der Waals surface area contributed by atoms with E-state index in [-0.39, 0.29) is 18.1 Å². The van der Waals surface area contributed by atoms with Crippen LogP contribution in [-0.2, 0) is 16.1 Å². The summed E-state index contributed by atoms with van der Waals surface area (Å²) < 4.78 is 16.9. The number of para-hydroxylation sites is 2. The van der Waals surface area contributed by atoms with Gasteiger partial charge in [0.15, 0.2) is 11.5 Å². The fourth-order valence-corrected chi connectivity index (χ4v) is 5.17. The van der Waals surface area contributed by atoms with Crippen LogP contribution in [0.1, 0.15) is 19.4 Å². The SMILES string of the molecule is COc1cc2c(cc1OC)N(C(=O)C1=CC(CN3CCN(c4ccccc4OC(C)C)CC3)ON1)CC2. The van der Waals surface area contributed by atoms with Crippen molar-refractivity contribution in [3.05, 3.63) is 53.7 Å². The molecule has 1 fully saturated rings. The zero-order valence-electron chi connectivity index (χ0n) is 22.0. The first-order chi connectivity index (χ1) is 18.0. The number of anilines is 2. The number of carbonyl (C=O) groups is 1. The number of piperazine rings is 1. The highest BCUT2D eigenvalue weighted by Gasteiger charge is 2.32. The molecule has 198 valence electrons. The van der Waals surface area contributed by atoms with Gasteiger partial charge in [-0.15, -0.1) is 0 Å². The number of carbonyl (C=O) groups excluding carboxylic acids is 1. The summed E-state index contributed by atoms with van der Waals surface area (Å²) in [7, 11) is 3.22. The number of hydrogen-bond acceptors (Lipinski definition) is 8. The van der Waals surface area contributed by atoms with Crippen molar-refractivity contribution < 1.29 is 23.8 Å². The highest BCUT2D eigenvalue weighted by Crippen LogP contribution is 2.39. The third-order valence-corrected chi connectivity index (χ3v) is 7.01. The predicted octanol–water partition coefficient (Wildman–Crippen LogP) is 2.99. The van der Waals surface area contributed by atoms with Crippen LogP contribution in [0.3, 0.4) is 0 Å². The van der Waals surface area contributed by atoms with Gasteiger partial charge in [-0.05, 0) is 50.1 Å². The number of rotatable bonds is 8. The van der Waals surface area contributed by atoms with Gasteiger partial charge in [0.2, 0.25) is 0 Å². The molecule has 3 aliphatic rings. The highest BCUT2D eigenvalue weighted by atomic mass is 16.7. The number of nitrogens with one attached hydrogen (secondary N) is 1. The van der Waals surface area contributed by atoms with Crippen LogP contribution >= 0.6 is 0 Å². The summed E-state index contributed by atoms with van der Waals surface area (Å²) >= 11 is 0. The van der Waals surface area contributed by atoms with Gasteiger partial charge in [0, 0.05) is 45.3 Å². The Kier molecular flexibility index (Phi) is 7.43. The molecule has 1 saturated heterocycles. The first-order valence-corrected chi connectivity index (χ1v) is 12.9. The third-order valence-electron chi connectivity index (χ3n) is 7.01. The number of methoxy groups -OCH3 is 2. The summed E-state index contributed by atoms with van der Waals surface area (Å²) in [6.45, 7) is 9.07. The standard InChI is InChI=1S/C28H36N4O5/c1-19(2)36-25-8-6-5-7-23(25)31-13-11-30(12-14-31)18-21-16-22(29-37-21)28(33)32-10-9-20-15-26(34-3)27(35-4)17-24(20)32/h5-8,15-17,19,21,29H,9-14,18H2,1-4H3. The largest absolute Gasteiger partial charge is 0.493 e. The van der Waals surface area contributed by atoms with Crippen molar-refractivity contribution in [2.45, 2.75) is 32.5 Å². The lowest BCUT2D eigenvalue weighted by atomic mass is 10.1. The van der Waals surface area contributed by atoms with Crippen LogP contribution in [0.2, 0.25) is 0 Å². The molecule has 2 aromatic carbocycles. The summed E-state index contributed by atoms with van der Waals surface area (Å²) in [5, 5.41) is 0. The van der Waals surface area contributed by atoms with Gasteiger partial charge in [0.05, 0.1) is 31.7 Å². The quantitative estimate of drug-likeness (QED) is 0.584. The molecule has 0 aromatic heterocycles. The third kappa shape index (κ3) is 5.33. The molecule has 3 heterocycles. The molecule has 1 amide bonds. The highest BCUT2D eigenvalue weighted by molar-refractivity contribution is 6.06. The monoisotopic (exact) mass is 508 g/mol. The van der Waals surface area contributed by atoms with Crippen molar-refractivity contribution in [1.29, 1.82) is 0 Å². The van der Waals surface area contributed by atoms with Gasteiger partial charge in [0.25, 0.3) is 5.91 Å². The minimum absolute atomic E-state index is 0.0972. The van der Waals surface area contributed by atoms with Gasteiger partial charge >= 0.3 is 0 Å². The van der Waals surface area contributed by atoms with Gasteiger partial charge in [-0.3, -0.25) is 20.0 Å².